The van der Waals surface area contributed by atoms with Crippen LogP contribution in [0.25, 0.3) is 0 Å². The molecule has 1 aromatic heterocycles. The third-order valence-electron chi connectivity index (χ3n) is 6.68. The number of aromatic nitrogens is 1. The molecular weight excluding hydrogens is 498 g/mol. The van der Waals surface area contributed by atoms with Gasteiger partial charge in [-0.25, -0.2) is 13.8 Å². The molecule has 10 heteroatoms. The average molecular weight is 539 g/mol. The second-order valence-electron chi connectivity index (χ2n) is 9.69. The van der Waals surface area contributed by atoms with Gasteiger partial charge in [0.25, 0.3) is 0 Å². The highest BCUT2D eigenvalue weighted by atomic mass is 19.1. The van der Waals surface area contributed by atoms with Crippen molar-refractivity contribution >= 4 is 30.7 Å². The molecule has 1 fully saturated rings. The number of hydrogen-bond acceptors (Lipinski definition) is 8. The minimum atomic E-state index is -0.716. The fourth-order valence-corrected chi connectivity index (χ4v) is 4.64. The van der Waals surface area contributed by atoms with Crippen molar-refractivity contribution in [3.63, 3.8) is 0 Å². The number of allylic oxidation sites excluding steroid dienone is 1. The van der Waals surface area contributed by atoms with E-state index >= 15 is 0 Å². The maximum Gasteiger partial charge on any atom is 0.167 e. The molecule has 0 radical (unpaired) electrons. The lowest BCUT2D eigenvalue weighted by atomic mass is 10.00. The highest BCUT2D eigenvalue weighted by Crippen LogP contribution is 2.28. The van der Waals surface area contributed by atoms with E-state index in [1.165, 1.54) is 18.9 Å². The van der Waals surface area contributed by atoms with Crippen molar-refractivity contribution in [3.05, 3.63) is 65.0 Å². The number of aryl methyl sites for hydroxylation is 1. The number of hydrogen-bond donors (Lipinski definition) is 3. The standard InChI is InChI=1S/C29H40F2N8/c1-32-12-5-7-22-15-23(16-25(30)28(22)34-3)29(26(31)18-33-2)38-20-37-27-10-9-21(17-36-27)11-14-39(4)19-24-8-6-13-35-24/h9-10,15-18,24,32,35H,2-3,5-8,11-14,19-20H2,1,4H3,(H,36,37)/b26-18+,38-29?. The number of likely N-dealkylation sites (N-methyl/N-ethyl adjacent to an activating group) is 1. The fraction of sp³-hybridized carbons (Fsp3) is 0.448. The van der Waals surface area contributed by atoms with Gasteiger partial charge in [0.2, 0.25) is 0 Å². The minimum Gasteiger partial charge on any atom is -0.351 e. The molecule has 3 rings (SSSR count). The van der Waals surface area contributed by atoms with Gasteiger partial charge in [-0.1, -0.05) is 6.07 Å². The van der Waals surface area contributed by atoms with Crippen LogP contribution in [0.5, 0.6) is 0 Å². The molecule has 0 spiro atoms. The SMILES string of the molecule is C=N/C=C(/F)C(=NCNc1ccc(CCN(C)CC2CCCN2)cn1)c1cc(F)c(N=C)c(CCCNC)c1. The van der Waals surface area contributed by atoms with Gasteiger partial charge in [-0.05, 0) is 102 Å². The van der Waals surface area contributed by atoms with Gasteiger partial charge >= 0.3 is 0 Å². The Labute approximate surface area is 230 Å². The molecule has 1 atom stereocenters. The summed E-state index contributed by atoms with van der Waals surface area (Å²) in [5, 5.41) is 9.68. The van der Waals surface area contributed by atoms with Gasteiger partial charge in [-0.15, -0.1) is 0 Å². The molecule has 2 heterocycles. The molecule has 8 nitrogen and oxygen atoms in total. The normalized spacial score (nSPS) is 16.1. The molecule has 210 valence electrons. The Balaban J connectivity index is 1.66. The Bertz CT molecular complexity index is 1140. The largest absolute Gasteiger partial charge is 0.351 e. The zero-order chi connectivity index (χ0) is 28.0. The quantitative estimate of drug-likeness (QED) is 0.219. The second kappa shape index (κ2) is 15.9. The van der Waals surface area contributed by atoms with Crippen LogP contribution in [-0.2, 0) is 12.8 Å². The second-order valence-corrected chi connectivity index (χ2v) is 9.69. The number of nitrogens with zero attached hydrogens (tertiary/aromatic N) is 5. The van der Waals surface area contributed by atoms with Gasteiger partial charge in [-0.3, -0.25) is 15.0 Å². The first-order valence-electron chi connectivity index (χ1n) is 13.4. The number of pyridine rings is 1. The van der Waals surface area contributed by atoms with Gasteiger partial charge in [0.15, 0.2) is 5.83 Å². The maximum absolute atomic E-state index is 14.9. The zero-order valence-corrected chi connectivity index (χ0v) is 23.0. The molecule has 1 saturated heterocycles. The summed E-state index contributed by atoms with van der Waals surface area (Å²) in [6.07, 6.45) is 7.52. The molecule has 0 amide bonds. The van der Waals surface area contributed by atoms with E-state index in [0.717, 1.165) is 50.8 Å². The summed E-state index contributed by atoms with van der Waals surface area (Å²) in [5.41, 5.74) is 2.20. The third kappa shape index (κ3) is 9.42. The first-order valence-corrected chi connectivity index (χ1v) is 13.4. The van der Waals surface area contributed by atoms with Crippen molar-refractivity contribution < 1.29 is 8.78 Å². The monoisotopic (exact) mass is 538 g/mol. The first kappa shape index (κ1) is 30.2. The van der Waals surface area contributed by atoms with Crippen molar-refractivity contribution in [1.82, 2.24) is 20.5 Å². The van der Waals surface area contributed by atoms with Crippen LogP contribution in [0.15, 0.2) is 57.5 Å². The Morgan fingerprint density at radius 2 is 2.13 bits per heavy atom. The van der Waals surface area contributed by atoms with Gasteiger partial charge in [0, 0.05) is 30.9 Å². The number of rotatable bonds is 16. The predicted molar refractivity (Wildman–Crippen MR) is 158 cm³/mol. The zero-order valence-electron chi connectivity index (χ0n) is 23.0. The maximum atomic E-state index is 14.9. The Morgan fingerprint density at radius 1 is 1.28 bits per heavy atom. The van der Waals surface area contributed by atoms with Crippen molar-refractivity contribution in [1.29, 1.82) is 0 Å². The Morgan fingerprint density at radius 3 is 2.79 bits per heavy atom. The number of anilines is 1. The minimum absolute atomic E-state index is 0.0318. The Hall–Kier alpha value is -3.34. The average Bonchev–Trinajstić information content (AvgIpc) is 3.43. The lowest BCUT2D eigenvalue weighted by Gasteiger charge is -2.20. The molecule has 1 unspecified atom stereocenters. The van der Waals surface area contributed by atoms with Crippen LogP contribution in [-0.4, -0.2) is 82.0 Å². The van der Waals surface area contributed by atoms with Gasteiger partial charge < -0.3 is 20.9 Å². The van der Waals surface area contributed by atoms with Crippen LogP contribution in [0.4, 0.5) is 20.3 Å². The van der Waals surface area contributed by atoms with Crippen molar-refractivity contribution in [2.24, 2.45) is 15.0 Å². The van der Waals surface area contributed by atoms with Gasteiger partial charge in [0.1, 0.15) is 29.7 Å². The molecule has 39 heavy (non-hydrogen) atoms. The summed E-state index contributed by atoms with van der Waals surface area (Å²) in [7, 11) is 3.99. The molecule has 0 aliphatic carbocycles. The van der Waals surface area contributed by atoms with Gasteiger partial charge in [0.05, 0.1) is 6.20 Å². The van der Waals surface area contributed by atoms with Crippen LogP contribution < -0.4 is 16.0 Å². The molecular formula is C29H40F2N8. The molecule has 1 aliphatic rings. The number of aliphatic imine (C=N–C) groups is 3. The molecule has 1 aliphatic heterocycles. The Kier molecular flexibility index (Phi) is 12.3. The summed E-state index contributed by atoms with van der Waals surface area (Å²) < 4.78 is 29.8. The van der Waals surface area contributed by atoms with E-state index in [4.69, 9.17) is 0 Å². The van der Waals surface area contributed by atoms with E-state index in [1.807, 2.05) is 25.4 Å². The molecule has 0 bridgehead atoms. The molecule has 1 aromatic carbocycles. The molecule has 2 aromatic rings. The van der Waals surface area contributed by atoms with Crippen LogP contribution >= 0.6 is 0 Å². The number of halogens is 2. The third-order valence-corrected chi connectivity index (χ3v) is 6.68. The molecule has 0 saturated carbocycles. The van der Waals surface area contributed by atoms with Crippen molar-refractivity contribution in [2.45, 2.75) is 38.1 Å². The predicted octanol–water partition coefficient (Wildman–Crippen LogP) is 4.30. The number of benzene rings is 1. The highest BCUT2D eigenvalue weighted by molar-refractivity contribution is 6.11. The van der Waals surface area contributed by atoms with Crippen LogP contribution in [0.3, 0.4) is 0 Å². The van der Waals surface area contributed by atoms with Crippen molar-refractivity contribution in [2.75, 3.05) is 52.3 Å². The summed E-state index contributed by atoms with van der Waals surface area (Å²) in [6, 6.07) is 7.41. The fourth-order valence-electron chi connectivity index (χ4n) is 4.64. The van der Waals surface area contributed by atoms with E-state index in [1.54, 1.807) is 6.07 Å². The molecule has 3 N–H and O–H groups in total. The highest BCUT2D eigenvalue weighted by Gasteiger charge is 2.17. The van der Waals surface area contributed by atoms with Crippen molar-refractivity contribution in [3.8, 4) is 0 Å². The lowest BCUT2D eigenvalue weighted by Crippen LogP contribution is -2.36. The summed E-state index contributed by atoms with van der Waals surface area (Å²) in [5.74, 6) is -0.682. The summed E-state index contributed by atoms with van der Waals surface area (Å²) in [6.45, 7) is 10.7. The van der Waals surface area contributed by atoms with E-state index < -0.39 is 11.6 Å². The van der Waals surface area contributed by atoms with Crippen LogP contribution in [0, 0.1) is 5.82 Å². The summed E-state index contributed by atoms with van der Waals surface area (Å²) >= 11 is 0. The lowest BCUT2D eigenvalue weighted by molar-refractivity contribution is 0.303. The van der Waals surface area contributed by atoms with E-state index in [9.17, 15) is 8.78 Å². The van der Waals surface area contributed by atoms with E-state index in [0.29, 0.717) is 29.4 Å². The first-order chi connectivity index (χ1) is 18.9. The van der Waals surface area contributed by atoms with Crippen LogP contribution in [0.1, 0.15) is 36.0 Å². The van der Waals surface area contributed by atoms with E-state index in [2.05, 4.69) is 61.3 Å². The smallest absolute Gasteiger partial charge is 0.167 e. The topological polar surface area (TPSA) is 89.3 Å². The van der Waals surface area contributed by atoms with Gasteiger partial charge in [-0.2, -0.15) is 0 Å². The summed E-state index contributed by atoms with van der Waals surface area (Å²) in [4.78, 5) is 18.5. The van der Waals surface area contributed by atoms with Crippen LogP contribution in [0.2, 0.25) is 0 Å². The van der Waals surface area contributed by atoms with E-state index in [-0.39, 0.29) is 18.1 Å². The number of nitrogens with one attached hydrogen (secondary N) is 3.